The zero-order chi connectivity index (χ0) is 20.9. The first kappa shape index (κ1) is 19.7. The summed E-state index contributed by atoms with van der Waals surface area (Å²) in [6.07, 6.45) is 3.43. The van der Waals surface area contributed by atoms with Gasteiger partial charge in [0.05, 0.1) is 11.3 Å². The van der Waals surface area contributed by atoms with Crippen molar-refractivity contribution in [3.05, 3.63) is 67.1 Å². The van der Waals surface area contributed by atoms with Crippen LogP contribution in [0.4, 0.5) is 11.4 Å². The van der Waals surface area contributed by atoms with Gasteiger partial charge in [0.1, 0.15) is 16.9 Å². The van der Waals surface area contributed by atoms with Crippen LogP contribution in [-0.2, 0) is 9.59 Å². The van der Waals surface area contributed by atoms with Crippen LogP contribution in [0.5, 0.6) is 0 Å². The van der Waals surface area contributed by atoms with Crippen LogP contribution < -0.4 is 10.6 Å². The summed E-state index contributed by atoms with van der Waals surface area (Å²) in [5.74, 6) is -0.0767. The first-order chi connectivity index (χ1) is 14.6. The lowest BCUT2D eigenvalue weighted by molar-refractivity contribution is -0.114. The number of aromatic amines is 1. The number of carbonyl (C=O) groups is 2. The molecule has 3 N–H and O–H groups in total. The van der Waals surface area contributed by atoms with Crippen LogP contribution in [0.15, 0.2) is 72.1 Å². The van der Waals surface area contributed by atoms with Gasteiger partial charge < -0.3 is 15.6 Å². The molecular weight excluding hydrogens is 398 g/mol. The van der Waals surface area contributed by atoms with E-state index in [2.05, 4.69) is 25.6 Å². The van der Waals surface area contributed by atoms with Gasteiger partial charge >= 0.3 is 0 Å². The van der Waals surface area contributed by atoms with Gasteiger partial charge in [0, 0.05) is 30.1 Å². The summed E-state index contributed by atoms with van der Waals surface area (Å²) < 4.78 is 0. The van der Waals surface area contributed by atoms with Gasteiger partial charge in [-0.25, -0.2) is 9.97 Å². The van der Waals surface area contributed by atoms with E-state index < -0.39 is 0 Å². The number of thioether (sulfide) groups is 1. The van der Waals surface area contributed by atoms with Crippen molar-refractivity contribution in [2.45, 2.75) is 11.9 Å². The number of hydrogen-bond donors (Lipinski definition) is 3. The zero-order valence-electron chi connectivity index (χ0n) is 16.2. The first-order valence-electron chi connectivity index (χ1n) is 9.28. The lowest BCUT2D eigenvalue weighted by atomic mass is 10.1. The van der Waals surface area contributed by atoms with Crippen molar-refractivity contribution in [2.75, 3.05) is 16.4 Å². The number of nitrogens with zero attached hydrogens (tertiary/aromatic N) is 2. The fourth-order valence-electron chi connectivity index (χ4n) is 3.03. The number of fused-ring (bicyclic) bond motifs is 1. The van der Waals surface area contributed by atoms with Crippen LogP contribution in [0, 0.1) is 0 Å². The number of anilines is 2. The molecule has 2 amide bonds. The Morgan fingerprint density at radius 1 is 0.967 bits per heavy atom. The molecule has 150 valence electrons. The molecule has 7 nitrogen and oxygen atoms in total. The fraction of sp³-hybridized carbons (Fsp3) is 0.0909. The van der Waals surface area contributed by atoms with E-state index in [1.807, 2.05) is 36.5 Å². The molecule has 2 heterocycles. The Bertz CT molecular complexity index is 1190. The average Bonchev–Trinajstić information content (AvgIpc) is 3.19. The van der Waals surface area contributed by atoms with Crippen LogP contribution in [0.1, 0.15) is 6.92 Å². The van der Waals surface area contributed by atoms with Crippen molar-refractivity contribution >= 4 is 46.0 Å². The lowest BCUT2D eigenvalue weighted by Gasteiger charge is -2.07. The summed E-state index contributed by atoms with van der Waals surface area (Å²) in [6, 6.07) is 17.0. The first-order valence-corrected chi connectivity index (χ1v) is 10.3. The lowest BCUT2D eigenvalue weighted by Crippen LogP contribution is -2.14. The second-order valence-corrected chi connectivity index (χ2v) is 7.53. The van der Waals surface area contributed by atoms with E-state index in [1.54, 1.807) is 24.3 Å². The van der Waals surface area contributed by atoms with Gasteiger partial charge in [-0.15, -0.1) is 0 Å². The summed E-state index contributed by atoms with van der Waals surface area (Å²) in [6.45, 7) is 1.45. The highest BCUT2D eigenvalue weighted by molar-refractivity contribution is 8.00. The van der Waals surface area contributed by atoms with Gasteiger partial charge in [0.25, 0.3) is 0 Å². The highest BCUT2D eigenvalue weighted by Gasteiger charge is 2.13. The molecule has 4 rings (SSSR count). The summed E-state index contributed by atoms with van der Waals surface area (Å²) in [7, 11) is 0. The zero-order valence-corrected chi connectivity index (χ0v) is 17.0. The molecule has 0 fully saturated rings. The second kappa shape index (κ2) is 8.79. The third-order valence-corrected chi connectivity index (χ3v) is 5.33. The van der Waals surface area contributed by atoms with Crippen LogP contribution in [0.2, 0.25) is 0 Å². The van der Waals surface area contributed by atoms with Crippen LogP contribution in [0.3, 0.4) is 0 Å². The average molecular weight is 417 g/mol. The van der Waals surface area contributed by atoms with E-state index in [1.165, 1.54) is 25.0 Å². The highest BCUT2D eigenvalue weighted by atomic mass is 32.2. The standard InChI is InChI=1S/C22H19N5O2S/c1-14(28)26-16-7-9-17(10-8-16)27-19(29)12-30-22-21-20(24-13-25-22)18(11-23-21)15-5-3-2-4-6-15/h2-11,13,23H,12H2,1H3,(H,26,28)(H,27,29). The minimum atomic E-state index is -0.145. The topological polar surface area (TPSA) is 99.8 Å². The fourth-order valence-corrected chi connectivity index (χ4v) is 3.80. The van der Waals surface area contributed by atoms with Crippen molar-refractivity contribution < 1.29 is 9.59 Å². The predicted molar refractivity (Wildman–Crippen MR) is 119 cm³/mol. The molecule has 0 spiro atoms. The Hall–Kier alpha value is -3.65. The van der Waals surface area contributed by atoms with E-state index >= 15 is 0 Å². The molecule has 0 radical (unpaired) electrons. The normalized spacial score (nSPS) is 10.7. The molecule has 4 aromatic rings. The van der Waals surface area contributed by atoms with Crippen molar-refractivity contribution in [1.29, 1.82) is 0 Å². The summed E-state index contributed by atoms with van der Waals surface area (Å²) in [4.78, 5) is 35.4. The van der Waals surface area contributed by atoms with Crippen molar-refractivity contribution in [2.24, 2.45) is 0 Å². The maximum atomic E-state index is 12.4. The van der Waals surface area contributed by atoms with Crippen LogP contribution in [-0.4, -0.2) is 32.5 Å². The van der Waals surface area contributed by atoms with E-state index in [4.69, 9.17) is 0 Å². The number of rotatable bonds is 6. The molecule has 0 aliphatic heterocycles. The van der Waals surface area contributed by atoms with Gasteiger partial charge in [-0.3, -0.25) is 9.59 Å². The Kier molecular flexibility index (Phi) is 5.76. The molecule has 8 heteroatoms. The number of amides is 2. The van der Waals surface area contributed by atoms with Crippen molar-refractivity contribution in [3.63, 3.8) is 0 Å². The minimum Gasteiger partial charge on any atom is -0.357 e. The highest BCUT2D eigenvalue weighted by Crippen LogP contribution is 2.31. The quantitative estimate of drug-likeness (QED) is 0.321. The van der Waals surface area contributed by atoms with E-state index in [0.29, 0.717) is 11.4 Å². The molecule has 0 bridgehead atoms. The van der Waals surface area contributed by atoms with Gasteiger partial charge in [-0.2, -0.15) is 0 Å². The Morgan fingerprint density at radius 2 is 1.67 bits per heavy atom. The summed E-state index contributed by atoms with van der Waals surface area (Å²) >= 11 is 1.35. The minimum absolute atomic E-state index is 0.140. The van der Waals surface area contributed by atoms with E-state index in [9.17, 15) is 9.59 Å². The monoisotopic (exact) mass is 417 g/mol. The molecule has 0 saturated heterocycles. The smallest absolute Gasteiger partial charge is 0.234 e. The van der Waals surface area contributed by atoms with Crippen LogP contribution >= 0.6 is 11.8 Å². The van der Waals surface area contributed by atoms with Gasteiger partial charge in [-0.05, 0) is 29.8 Å². The number of H-pyrrole nitrogens is 1. The number of aromatic nitrogens is 3. The van der Waals surface area contributed by atoms with Gasteiger partial charge in [0.2, 0.25) is 11.8 Å². The summed E-state index contributed by atoms with van der Waals surface area (Å²) in [5, 5.41) is 6.26. The summed E-state index contributed by atoms with van der Waals surface area (Å²) in [5.41, 5.74) is 5.05. The Labute approximate surface area is 177 Å². The molecule has 2 aromatic heterocycles. The molecule has 0 atom stereocenters. The maximum Gasteiger partial charge on any atom is 0.234 e. The van der Waals surface area contributed by atoms with Crippen molar-refractivity contribution in [3.8, 4) is 11.1 Å². The third kappa shape index (κ3) is 4.49. The molecule has 0 unspecified atom stereocenters. The largest absolute Gasteiger partial charge is 0.357 e. The molecule has 0 aliphatic rings. The second-order valence-electron chi connectivity index (χ2n) is 6.57. The van der Waals surface area contributed by atoms with E-state index in [-0.39, 0.29) is 17.6 Å². The van der Waals surface area contributed by atoms with Crippen LogP contribution in [0.25, 0.3) is 22.2 Å². The molecule has 2 aromatic carbocycles. The predicted octanol–water partition coefficient (Wildman–Crippen LogP) is 4.31. The molecule has 0 aliphatic carbocycles. The number of benzene rings is 2. The molecular formula is C22H19N5O2S. The number of hydrogen-bond acceptors (Lipinski definition) is 5. The van der Waals surface area contributed by atoms with Gasteiger partial charge in [-0.1, -0.05) is 42.1 Å². The van der Waals surface area contributed by atoms with E-state index in [0.717, 1.165) is 27.2 Å². The van der Waals surface area contributed by atoms with Gasteiger partial charge in [0.15, 0.2) is 0 Å². The molecule has 30 heavy (non-hydrogen) atoms. The molecule has 0 saturated carbocycles. The Balaban J connectivity index is 1.43. The maximum absolute atomic E-state index is 12.4. The number of carbonyl (C=O) groups excluding carboxylic acids is 2. The third-order valence-electron chi connectivity index (χ3n) is 4.34. The SMILES string of the molecule is CC(=O)Nc1ccc(NC(=O)CSc2ncnc3c(-c4ccccc4)c[nH]c23)cc1. The Morgan fingerprint density at radius 3 is 2.37 bits per heavy atom. The van der Waals surface area contributed by atoms with Crippen molar-refractivity contribution in [1.82, 2.24) is 15.0 Å². The number of nitrogens with one attached hydrogen (secondary N) is 3.